The third-order valence-corrected chi connectivity index (χ3v) is 5.61. The lowest BCUT2D eigenvalue weighted by Gasteiger charge is -2.05. The molecule has 0 heterocycles. The van der Waals surface area contributed by atoms with Crippen LogP contribution in [0.5, 0.6) is 11.5 Å². The molecule has 0 aliphatic rings. The fourth-order valence-corrected chi connectivity index (χ4v) is 3.22. The molecule has 0 saturated heterocycles. The molecule has 0 aliphatic carbocycles. The summed E-state index contributed by atoms with van der Waals surface area (Å²) in [4.78, 5) is 25.9. The monoisotopic (exact) mass is 364 g/mol. The number of esters is 2. The highest BCUT2D eigenvalue weighted by molar-refractivity contribution is 7.95. The fourth-order valence-electron chi connectivity index (χ4n) is 1.86. The van der Waals surface area contributed by atoms with Crippen molar-refractivity contribution in [3.05, 3.63) is 48.5 Å². The Morgan fingerprint density at radius 2 is 0.917 bits per heavy atom. The van der Waals surface area contributed by atoms with Crippen molar-refractivity contribution in [3.63, 3.8) is 0 Å². The lowest BCUT2D eigenvalue weighted by Crippen LogP contribution is -2.25. The van der Waals surface area contributed by atoms with Gasteiger partial charge >= 0.3 is 11.9 Å². The second-order valence-electron chi connectivity index (χ2n) is 5.35. The molecule has 0 fully saturated rings. The van der Waals surface area contributed by atoms with Gasteiger partial charge in [-0.1, -0.05) is 0 Å². The van der Waals surface area contributed by atoms with Crippen LogP contribution in [0.1, 0.15) is 0 Å². The van der Waals surface area contributed by atoms with Gasteiger partial charge in [0.05, 0.1) is 0 Å². The molecule has 0 amide bonds. The van der Waals surface area contributed by atoms with Gasteiger partial charge in [0.2, 0.25) is 0 Å². The van der Waals surface area contributed by atoms with Gasteiger partial charge in [-0.3, -0.25) is 0 Å². The summed E-state index contributed by atoms with van der Waals surface area (Å²) in [5, 5.41) is 0. The first-order valence-corrected chi connectivity index (χ1v) is 11.2. The van der Waals surface area contributed by atoms with Gasteiger partial charge in [-0.25, -0.2) is 9.59 Å². The molecule has 0 N–H and O–H groups in total. The number of ether oxygens (including phenoxy) is 2. The summed E-state index contributed by atoms with van der Waals surface area (Å²) in [6.07, 6.45) is 8.40. The minimum absolute atomic E-state index is 0.128. The van der Waals surface area contributed by atoms with Crippen LogP contribution in [0.2, 0.25) is 0 Å². The first-order valence-electron chi connectivity index (χ1n) is 7.16. The van der Waals surface area contributed by atoms with E-state index in [9.17, 15) is 9.59 Å². The molecular formula is C18H20O4S2+2. The molecule has 4 nitrogen and oxygen atoms in total. The third kappa shape index (κ3) is 5.04. The summed E-state index contributed by atoms with van der Waals surface area (Å²) < 4.78 is 10.1. The Bertz CT molecular complexity index is 643. The summed E-state index contributed by atoms with van der Waals surface area (Å²) in [5.74, 6) is -1.43. The van der Waals surface area contributed by atoms with Gasteiger partial charge < -0.3 is 9.47 Å². The largest absolute Gasteiger partial charge is 0.423 e. The zero-order valence-electron chi connectivity index (χ0n) is 14.1. The lowest BCUT2D eigenvalue weighted by atomic mass is 10.3. The molecule has 0 aliphatic heterocycles. The van der Waals surface area contributed by atoms with Gasteiger partial charge in [-0.2, -0.15) is 0 Å². The lowest BCUT2D eigenvalue weighted by molar-refractivity contribution is -0.156. The first kappa shape index (κ1) is 18.4. The van der Waals surface area contributed by atoms with Crippen molar-refractivity contribution in [1.29, 1.82) is 0 Å². The zero-order valence-corrected chi connectivity index (χ0v) is 15.7. The molecule has 0 unspecified atom stereocenters. The van der Waals surface area contributed by atoms with Gasteiger partial charge in [0, 0.05) is 21.8 Å². The standard InChI is InChI=1S/C18H20O4S2/c1-23(2)15-9-5-13(6-10-15)21-17(19)18(20)22-14-7-11-16(12-8-14)24(3)4/h5-12H,1-4H3/q+2. The van der Waals surface area contributed by atoms with E-state index in [-0.39, 0.29) is 21.8 Å². The predicted molar refractivity (Wildman–Crippen MR) is 99.1 cm³/mol. The van der Waals surface area contributed by atoms with Crippen molar-refractivity contribution in [2.24, 2.45) is 0 Å². The Balaban J connectivity index is 1.95. The smallest absolute Gasteiger partial charge is 0.418 e. The maximum Gasteiger partial charge on any atom is 0.423 e. The number of rotatable bonds is 4. The predicted octanol–water partition coefficient (Wildman–Crippen LogP) is 2.67. The Kier molecular flexibility index (Phi) is 6.34. The van der Waals surface area contributed by atoms with E-state index in [0.717, 1.165) is 9.79 Å². The Hall–Kier alpha value is -1.92. The molecule has 6 heteroatoms. The average molecular weight is 364 g/mol. The van der Waals surface area contributed by atoms with E-state index in [4.69, 9.17) is 9.47 Å². The van der Waals surface area contributed by atoms with Crippen LogP contribution in [-0.2, 0) is 31.4 Å². The average Bonchev–Trinajstić information content (AvgIpc) is 2.55. The molecule has 0 atom stereocenters. The molecule has 0 saturated carbocycles. The molecule has 126 valence electrons. The van der Waals surface area contributed by atoms with Crippen molar-refractivity contribution < 1.29 is 19.1 Å². The third-order valence-electron chi connectivity index (χ3n) is 3.18. The van der Waals surface area contributed by atoms with E-state index in [0.29, 0.717) is 11.5 Å². The van der Waals surface area contributed by atoms with Crippen LogP contribution < -0.4 is 9.47 Å². The van der Waals surface area contributed by atoms with Crippen LogP contribution in [0.15, 0.2) is 58.3 Å². The van der Waals surface area contributed by atoms with Crippen molar-refractivity contribution in [2.75, 3.05) is 25.0 Å². The highest BCUT2D eigenvalue weighted by Gasteiger charge is 2.20. The molecule has 0 aromatic heterocycles. The quantitative estimate of drug-likeness (QED) is 0.362. The van der Waals surface area contributed by atoms with Crippen LogP contribution in [0.4, 0.5) is 0 Å². The topological polar surface area (TPSA) is 52.6 Å². The first-order chi connectivity index (χ1) is 11.4. The zero-order chi connectivity index (χ0) is 17.7. The van der Waals surface area contributed by atoms with Crippen molar-refractivity contribution in [3.8, 4) is 11.5 Å². The molecule has 24 heavy (non-hydrogen) atoms. The van der Waals surface area contributed by atoms with Crippen LogP contribution in [0.25, 0.3) is 0 Å². The fraction of sp³-hybridized carbons (Fsp3) is 0.222. The van der Waals surface area contributed by atoms with Crippen molar-refractivity contribution in [1.82, 2.24) is 0 Å². The van der Waals surface area contributed by atoms with E-state index in [1.54, 1.807) is 24.3 Å². The SMILES string of the molecule is C[S+](C)c1ccc(OC(=O)C(=O)Oc2ccc([S+](C)C)cc2)cc1. The summed E-state index contributed by atoms with van der Waals surface area (Å²) in [6, 6.07) is 14.2. The molecule has 2 rings (SSSR count). The number of carbonyl (C=O) groups is 2. The second kappa shape index (κ2) is 8.26. The molecule has 0 spiro atoms. The number of hydrogen-bond donors (Lipinski definition) is 0. The normalized spacial score (nSPS) is 10.8. The number of carbonyl (C=O) groups excluding carboxylic acids is 2. The van der Waals surface area contributed by atoms with Crippen molar-refractivity contribution in [2.45, 2.75) is 9.79 Å². The summed E-state index contributed by atoms with van der Waals surface area (Å²) in [5.41, 5.74) is 0. The van der Waals surface area contributed by atoms with E-state index in [1.807, 2.05) is 24.3 Å². The number of benzene rings is 2. The Labute approximate surface area is 147 Å². The van der Waals surface area contributed by atoms with E-state index in [2.05, 4.69) is 25.0 Å². The maximum absolute atomic E-state index is 11.8. The van der Waals surface area contributed by atoms with Gasteiger partial charge in [0.15, 0.2) is 9.79 Å². The highest BCUT2D eigenvalue weighted by Crippen LogP contribution is 2.18. The molecule has 2 aromatic rings. The van der Waals surface area contributed by atoms with E-state index in [1.165, 1.54) is 0 Å². The molecular weight excluding hydrogens is 344 g/mol. The molecule has 0 bridgehead atoms. The van der Waals surface area contributed by atoms with Gasteiger partial charge in [0.25, 0.3) is 0 Å². The minimum atomic E-state index is -1.04. The van der Waals surface area contributed by atoms with Gasteiger partial charge in [0.1, 0.15) is 36.5 Å². The second-order valence-corrected chi connectivity index (χ2v) is 9.56. The number of hydrogen-bond acceptors (Lipinski definition) is 4. The summed E-state index contributed by atoms with van der Waals surface area (Å²) >= 11 is 0. The van der Waals surface area contributed by atoms with E-state index >= 15 is 0 Å². The molecule has 0 radical (unpaired) electrons. The van der Waals surface area contributed by atoms with Crippen molar-refractivity contribution >= 4 is 33.7 Å². The van der Waals surface area contributed by atoms with E-state index < -0.39 is 11.9 Å². The van der Waals surface area contributed by atoms with Crippen LogP contribution in [0.3, 0.4) is 0 Å². The maximum atomic E-state index is 11.8. The Morgan fingerprint density at radius 3 is 1.17 bits per heavy atom. The minimum Gasteiger partial charge on any atom is -0.418 e. The van der Waals surface area contributed by atoms with Crippen LogP contribution in [-0.4, -0.2) is 37.0 Å². The summed E-state index contributed by atoms with van der Waals surface area (Å²) in [6.45, 7) is 0. The van der Waals surface area contributed by atoms with Crippen LogP contribution >= 0.6 is 0 Å². The highest BCUT2D eigenvalue weighted by atomic mass is 32.2. The van der Waals surface area contributed by atoms with Gasteiger partial charge in [-0.15, -0.1) is 0 Å². The summed E-state index contributed by atoms with van der Waals surface area (Å²) in [7, 11) is 0.255. The van der Waals surface area contributed by atoms with Crippen LogP contribution in [0, 0.1) is 0 Å². The van der Waals surface area contributed by atoms with Gasteiger partial charge in [-0.05, 0) is 48.5 Å². The molecule has 2 aromatic carbocycles. The Morgan fingerprint density at radius 1 is 0.625 bits per heavy atom.